The number of pyridine rings is 1. The van der Waals surface area contributed by atoms with Crippen molar-refractivity contribution in [1.82, 2.24) is 4.98 Å². The third-order valence-corrected chi connectivity index (χ3v) is 4.89. The summed E-state index contributed by atoms with van der Waals surface area (Å²) in [5, 5.41) is 11.9. The number of likely N-dealkylation sites (tertiary alicyclic amines) is 1. The molecular formula is C18H22ClN2O3+. The van der Waals surface area contributed by atoms with Crippen molar-refractivity contribution in [3.8, 4) is 5.75 Å². The number of aromatic nitrogens is 1. The fourth-order valence-electron chi connectivity index (χ4n) is 3.41. The Bertz CT molecular complexity index is 750. The minimum Gasteiger partial charge on any atom is -0.505 e. The van der Waals surface area contributed by atoms with E-state index in [1.54, 1.807) is 12.3 Å². The first-order valence-corrected chi connectivity index (χ1v) is 8.73. The molecule has 0 bridgehead atoms. The Morgan fingerprint density at radius 1 is 1.54 bits per heavy atom. The average molecular weight is 350 g/mol. The highest BCUT2D eigenvalue weighted by Crippen LogP contribution is 2.32. The van der Waals surface area contributed by atoms with E-state index < -0.39 is 0 Å². The van der Waals surface area contributed by atoms with Crippen LogP contribution >= 0.6 is 11.6 Å². The molecule has 1 unspecified atom stereocenters. The summed E-state index contributed by atoms with van der Waals surface area (Å²) in [6.45, 7) is 4.54. The predicted octanol–water partition coefficient (Wildman–Crippen LogP) is 1.95. The number of piperidine rings is 1. The smallest absolute Gasteiger partial charge is 0.314 e. The fourth-order valence-corrected chi connectivity index (χ4v) is 3.70. The quantitative estimate of drug-likeness (QED) is 0.828. The number of quaternary nitrogens is 1. The van der Waals surface area contributed by atoms with Gasteiger partial charge in [-0.1, -0.05) is 11.6 Å². The number of carbonyl (C=O) groups excluding carboxylic acids is 1. The number of hydrogen-bond donors (Lipinski definition) is 2. The molecule has 0 amide bonds. The van der Waals surface area contributed by atoms with E-state index in [0.717, 1.165) is 36.9 Å². The van der Waals surface area contributed by atoms with Crippen molar-refractivity contribution in [3.05, 3.63) is 35.0 Å². The number of carbonyl (C=O) groups is 1. The third kappa shape index (κ3) is 3.47. The van der Waals surface area contributed by atoms with Gasteiger partial charge in [-0.05, 0) is 38.0 Å². The molecule has 2 N–H and O–H groups in total. The van der Waals surface area contributed by atoms with E-state index in [0.29, 0.717) is 23.7 Å². The van der Waals surface area contributed by atoms with E-state index in [1.807, 2.05) is 19.1 Å². The number of nitrogens with one attached hydrogen (secondary N) is 1. The topological polar surface area (TPSA) is 63.9 Å². The molecule has 1 aromatic heterocycles. The molecule has 0 spiro atoms. The van der Waals surface area contributed by atoms with Crippen LogP contribution in [0.1, 0.15) is 25.3 Å². The minimum atomic E-state index is -0.114. The maximum atomic E-state index is 12.0. The summed E-state index contributed by atoms with van der Waals surface area (Å²) >= 11 is 6.34. The Hall–Kier alpha value is -1.85. The van der Waals surface area contributed by atoms with Gasteiger partial charge in [-0.15, -0.1) is 0 Å². The Morgan fingerprint density at radius 3 is 3.17 bits per heavy atom. The normalized spacial score (nSPS) is 20.9. The molecule has 2 heterocycles. The summed E-state index contributed by atoms with van der Waals surface area (Å²) in [7, 11) is 0. The number of rotatable bonds is 4. The molecule has 0 saturated carbocycles. The number of ether oxygens (including phenoxy) is 1. The van der Waals surface area contributed by atoms with Gasteiger partial charge in [0.2, 0.25) is 0 Å². The molecule has 128 valence electrons. The van der Waals surface area contributed by atoms with E-state index in [2.05, 4.69) is 4.98 Å². The van der Waals surface area contributed by atoms with Crippen LogP contribution in [0.2, 0.25) is 5.02 Å². The monoisotopic (exact) mass is 349 g/mol. The van der Waals surface area contributed by atoms with Gasteiger partial charge in [0.25, 0.3) is 0 Å². The highest BCUT2D eigenvalue weighted by atomic mass is 35.5. The van der Waals surface area contributed by atoms with Gasteiger partial charge in [0.15, 0.2) is 5.75 Å². The maximum absolute atomic E-state index is 12.0. The van der Waals surface area contributed by atoms with Crippen molar-refractivity contribution < 1.29 is 19.5 Å². The van der Waals surface area contributed by atoms with Crippen molar-refractivity contribution in [3.63, 3.8) is 0 Å². The Morgan fingerprint density at radius 2 is 2.38 bits per heavy atom. The molecule has 2 atom stereocenters. The lowest BCUT2D eigenvalue weighted by Gasteiger charge is -2.29. The summed E-state index contributed by atoms with van der Waals surface area (Å²) < 4.78 is 5.15. The molecule has 0 radical (unpaired) electrons. The number of halogens is 1. The average Bonchev–Trinajstić information content (AvgIpc) is 2.60. The van der Waals surface area contributed by atoms with Crippen molar-refractivity contribution >= 4 is 28.5 Å². The second-order valence-electron chi connectivity index (χ2n) is 6.24. The van der Waals surface area contributed by atoms with Crippen LogP contribution in [-0.2, 0) is 16.1 Å². The molecule has 1 aliphatic heterocycles. The number of hydrogen-bond acceptors (Lipinski definition) is 4. The first-order valence-electron chi connectivity index (χ1n) is 8.35. The van der Waals surface area contributed by atoms with Crippen molar-refractivity contribution in [2.24, 2.45) is 5.92 Å². The second kappa shape index (κ2) is 7.36. The van der Waals surface area contributed by atoms with E-state index in [1.165, 1.54) is 4.90 Å². The molecule has 1 aromatic carbocycles. The molecule has 3 rings (SSSR count). The highest BCUT2D eigenvalue weighted by Gasteiger charge is 2.30. The zero-order chi connectivity index (χ0) is 17.1. The van der Waals surface area contributed by atoms with E-state index in [9.17, 15) is 9.90 Å². The molecule has 1 fully saturated rings. The summed E-state index contributed by atoms with van der Waals surface area (Å²) in [4.78, 5) is 17.5. The maximum Gasteiger partial charge on any atom is 0.314 e. The minimum absolute atomic E-state index is 0.0649. The molecule has 6 heteroatoms. The Labute approximate surface area is 146 Å². The number of phenols is 1. The van der Waals surface area contributed by atoms with Crippen LogP contribution < -0.4 is 4.90 Å². The SMILES string of the molecule is CCOC(=O)[C@H]1CCC[NH+](Cc2cc(Cl)c3cccnc3c2O)C1. The Kier molecular flexibility index (Phi) is 5.21. The molecule has 0 aliphatic carbocycles. The van der Waals surface area contributed by atoms with Crippen molar-refractivity contribution in [2.45, 2.75) is 26.3 Å². The van der Waals surface area contributed by atoms with Gasteiger partial charge in [0.05, 0.1) is 30.3 Å². The summed E-state index contributed by atoms with van der Waals surface area (Å²) in [6.07, 6.45) is 3.49. The molecule has 24 heavy (non-hydrogen) atoms. The van der Waals surface area contributed by atoms with Crippen LogP contribution in [0.4, 0.5) is 0 Å². The molecule has 1 aliphatic rings. The van der Waals surface area contributed by atoms with Crippen LogP contribution in [0.5, 0.6) is 5.75 Å². The van der Waals surface area contributed by atoms with Crippen LogP contribution in [-0.4, -0.2) is 35.8 Å². The first kappa shape index (κ1) is 17.0. The fraction of sp³-hybridized carbons (Fsp3) is 0.444. The summed E-state index contributed by atoms with van der Waals surface area (Å²) in [6, 6.07) is 5.45. The lowest BCUT2D eigenvalue weighted by molar-refractivity contribution is -0.921. The number of nitrogens with zero attached hydrogens (tertiary/aromatic N) is 1. The van der Waals surface area contributed by atoms with Crippen LogP contribution in [0.25, 0.3) is 10.9 Å². The van der Waals surface area contributed by atoms with Gasteiger partial charge < -0.3 is 14.7 Å². The van der Waals surface area contributed by atoms with E-state index >= 15 is 0 Å². The second-order valence-corrected chi connectivity index (χ2v) is 6.64. The number of esters is 1. The standard InChI is InChI=1S/C18H21ClN2O3/c1-2-24-18(23)12-5-4-8-21(10-12)11-13-9-15(19)14-6-3-7-20-16(14)17(13)22/h3,6-7,9,12,22H,2,4-5,8,10-11H2,1H3/p+1/t12-/m0/s1. The van der Waals surface area contributed by atoms with Gasteiger partial charge in [0.1, 0.15) is 18.0 Å². The number of fused-ring (bicyclic) bond motifs is 1. The highest BCUT2D eigenvalue weighted by molar-refractivity contribution is 6.35. The van der Waals surface area contributed by atoms with E-state index in [-0.39, 0.29) is 17.6 Å². The van der Waals surface area contributed by atoms with Crippen molar-refractivity contribution in [1.29, 1.82) is 0 Å². The predicted molar refractivity (Wildman–Crippen MR) is 92.2 cm³/mol. The zero-order valence-corrected chi connectivity index (χ0v) is 14.5. The summed E-state index contributed by atoms with van der Waals surface area (Å²) in [5.41, 5.74) is 1.30. The number of aromatic hydroxyl groups is 1. The van der Waals surface area contributed by atoms with Gasteiger partial charge in [-0.25, -0.2) is 0 Å². The Balaban J connectivity index is 1.79. The molecular weight excluding hydrogens is 328 g/mol. The lowest BCUT2D eigenvalue weighted by Crippen LogP contribution is -3.12. The zero-order valence-electron chi connectivity index (χ0n) is 13.7. The van der Waals surface area contributed by atoms with Crippen LogP contribution in [0, 0.1) is 5.92 Å². The largest absolute Gasteiger partial charge is 0.505 e. The molecule has 1 saturated heterocycles. The lowest BCUT2D eigenvalue weighted by atomic mass is 9.97. The van der Waals surface area contributed by atoms with Gasteiger partial charge in [0, 0.05) is 11.6 Å². The van der Waals surface area contributed by atoms with Crippen LogP contribution in [0.15, 0.2) is 24.4 Å². The number of phenolic OH excluding ortho intramolecular Hbond substituents is 1. The molecule has 5 nitrogen and oxygen atoms in total. The first-order chi connectivity index (χ1) is 11.6. The molecule has 2 aromatic rings. The van der Waals surface area contributed by atoms with Gasteiger partial charge >= 0.3 is 5.97 Å². The van der Waals surface area contributed by atoms with Gasteiger partial charge in [-0.2, -0.15) is 0 Å². The van der Waals surface area contributed by atoms with Gasteiger partial charge in [-0.3, -0.25) is 9.78 Å². The van der Waals surface area contributed by atoms with E-state index in [4.69, 9.17) is 16.3 Å². The summed E-state index contributed by atoms with van der Waals surface area (Å²) in [5.74, 6) is 0.00258. The number of benzene rings is 1. The van der Waals surface area contributed by atoms with Crippen LogP contribution in [0.3, 0.4) is 0 Å². The van der Waals surface area contributed by atoms with Crippen molar-refractivity contribution in [2.75, 3.05) is 19.7 Å². The third-order valence-electron chi connectivity index (χ3n) is 4.57.